The molecule has 1 heterocycles. The summed E-state index contributed by atoms with van der Waals surface area (Å²) in [6.07, 6.45) is 4.16. The van der Waals surface area contributed by atoms with E-state index in [1.165, 1.54) is 5.56 Å². The Morgan fingerprint density at radius 2 is 1.92 bits per heavy atom. The Balaban J connectivity index is 0.00000144. The van der Waals surface area contributed by atoms with Crippen molar-refractivity contribution in [3.8, 4) is 0 Å². The molecule has 2 nitrogen and oxygen atoms in total. The minimum Gasteiger partial charge on any atom is -1.00 e. The molecule has 3 heteroatoms. The third-order valence-corrected chi connectivity index (χ3v) is 1.76. The van der Waals surface area contributed by atoms with Gasteiger partial charge in [-0.3, -0.25) is 0 Å². The summed E-state index contributed by atoms with van der Waals surface area (Å²) in [4.78, 5) is 0. The lowest BCUT2D eigenvalue weighted by atomic mass is 10.3. The van der Waals surface area contributed by atoms with E-state index in [0.29, 0.717) is 0 Å². The topological polar surface area (TPSA) is 13.1 Å². The molecule has 1 rings (SSSR count). The van der Waals surface area contributed by atoms with Gasteiger partial charge in [-0.1, -0.05) is 0 Å². The number of hydrogen-bond donors (Lipinski definition) is 0. The van der Waals surface area contributed by atoms with Gasteiger partial charge in [0.25, 0.3) is 0 Å². The molecule has 0 bridgehead atoms. The number of halogens is 1. The van der Waals surface area contributed by atoms with Crippen molar-refractivity contribution >= 4 is 0 Å². The smallest absolute Gasteiger partial charge is 0.171 e. The predicted molar refractivity (Wildman–Crippen MR) is 47.9 cm³/mol. The Morgan fingerprint density at radius 1 is 1.31 bits per heavy atom. The molecule has 0 saturated heterocycles. The first-order valence-electron chi connectivity index (χ1n) is 4.36. The highest BCUT2D eigenvalue weighted by Gasteiger charge is 1.97. The highest BCUT2D eigenvalue weighted by Crippen LogP contribution is 1.89. The van der Waals surface area contributed by atoms with Crippen LogP contribution in [-0.4, -0.2) is 13.2 Å². The van der Waals surface area contributed by atoms with Crippen LogP contribution in [0.25, 0.3) is 0 Å². The monoisotopic (exact) mass is 293 g/mol. The fourth-order valence-corrected chi connectivity index (χ4v) is 0.995. The number of ether oxygens (including phenoxy) is 1. The molecule has 13 heavy (non-hydrogen) atoms. The predicted octanol–water partition coefficient (Wildman–Crippen LogP) is -1.68. The molecular weight excluding hydrogens is 277 g/mol. The van der Waals surface area contributed by atoms with E-state index >= 15 is 0 Å². The van der Waals surface area contributed by atoms with E-state index in [-0.39, 0.29) is 24.0 Å². The highest BCUT2D eigenvalue weighted by molar-refractivity contribution is 5.03. The molecule has 0 aliphatic heterocycles. The summed E-state index contributed by atoms with van der Waals surface area (Å²) in [6.45, 7) is 6.64. The lowest BCUT2D eigenvalue weighted by molar-refractivity contribution is -0.698. The zero-order valence-corrected chi connectivity index (χ0v) is 10.3. The number of aromatic nitrogens is 1. The summed E-state index contributed by atoms with van der Waals surface area (Å²) < 4.78 is 7.37. The largest absolute Gasteiger partial charge is 1.00 e. The average molecular weight is 293 g/mol. The Kier molecular flexibility index (Phi) is 7.17. The van der Waals surface area contributed by atoms with Crippen LogP contribution in [-0.2, 0) is 11.3 Å². The van der Waals surface area contributed by atoms with E-state index in [1.807, 2.05) is 6.92 Å². The van der Waals surface area contributed by atoms with Gasteiger partial charge in [0.1, 0.15) is 6.61 Å². The first kappa shape index (κ1) is 12.8. The molecule has 0 aromatic carbocycles. The third-order valence-electron chi connectivity index (χ3n) is 1.76. The molecule has 0 aliphatic rings. The van der Waals surface area contributed by atoms with Crippen molar-refractivity contribution in [3.05, 3.63) is 30.1 Å². The summed E-state index contributed by atoms with van der Waals surface area (Å²) in [5.74, 6) is 0. The van der Waals surface area contributed by atoms with Crippen molar-refractivity contribution in [2.24, 2.45) is 0 Å². The van der Waals surface area contributed by atoms with Crippen LogP contribution in [0.3, 0.4) is 0 Å². The van der Waals surface area contributed by atoms with Crippen LogP contribution < -0.4 is 28.5 Å². The highest BCUT2D eigenvalue weighted by atomic mass is 127. The van der Waals surface area contributed by atoms with Crippen LogP contribution in [0.5, 0.6) is 0 Å². The number of aryl methyl sites for hydroxylation is 1. The number of hydrogen-bond acceptors (Lipinski definition) is 1. The molecular formula is C10H16INO. The SMILES string of the molecule is CCOCC[n+]1ccc(C)cc1.[I-]. The van der Waals surface area contributed by atoms with Gasteiger partial charge in [0.15, 0.2) is 18.9 Å². The van der Waals surface area contributed by atoms with Crippen molar-refractivity contribution in [1.82, 2.24) is 0 Å². The number of nitrogens with zero attached hydrogens (tertiary/aromatic N) is 1. The Hall–Kier alpha value is -0.160. The maximum Gasteiger partial charge on any atom is 0.171 e. The van der Waals surface area contributed by atoms with Gasteiger partial charge in [0.05, 0.1) is 0 Å². The molecule has 74 valence electrons. The van der Waals surface area contributed by atoms with E-state index in [1.54, 1.807) is 0 Å². The minimum atomic E-state index is 0. The normalized spacial score (nSPS) is 9.38. The van der Waals surface area contributed by atoms with Crippen LogP contribution in [0.2, 0.25) is 0 Å². The molecule has 0 amide bonds. The van der Waals surface area contributed by atoms with Crippen molar-refractivity contribution in [3.63, 3.8) is 0 Å². The standard InChI is InChI=1S/C10H16NO.HI/c1-3-12-9-8-11-6-4-10(2)5-7-11;/h4-7H,3,8-9H2,1-2H3;1H/q+1;/p-1. The van der Waals surface area contributed by atoms with E-state index in [2.05, 4.69) is 36.0 Å². The van der Waals surface area contributed by atoms with Gasteiger partial charge >= 0.3 is 0 Å². The van der Waals surface area contributed by atoms with Gasteiger partial charge in [0.2, 0.25) is 0 Å². The molecule has 0 N–H and O–H groups in total. The summed E-state index contributed by atoms with van der Waals surface area (Å²) in [7, 11) is 0. The van der Waals surface area contributed by atoms with Crippen molar-refractivity contribution in [1.29, 1.82) is 0 Å². The van der Waals surface area contributed by atoms with Crippen LogP contribution in [0, 0.1) is 6.92 Å². The van der Waals surface area contributed by atoms with Gasteiger partial charge in [-0.2, -0.15) is 0 Å². The maximum atomic E-state index is 5.25. The zero-order valence-electron chi connectivity index (χ0n) is 8.16. The molecule has 0 spiro atoms. The second kappa shape index (κ2) is 7.26. The minimum absolute atomic E-state index is 0. The van der Waals surface area contributed by atoms with Crippen LogP contribution in [0.1, 0.15) is 12.5 Å². The number of pyridine rings is 1. The van der Waals surface area contributed by atoms with Crippen LogP contribution in [0.15, 0.2) is 24.5 Å². The van der Waals surface area contributed by atoms with Crippen LogP contribution in [0.4, 0.5) is 0 Å². The molecule has 0 saturated carbocycles. The maximum absolute atomic E-state index is 5.25. The molecule has 1 aromatic heterocycles. The third kappa shape index (κ3) is 5.21. The van der Waals surface area contributed by atoms with E-state index in [9.17, 15) is 0 Å². The molecule has 0 aliphatic carbocycles. The first-order chi connectivity index (χ1) is 5.83. The second-order valence-electron chi connectivity index (χ2n) is 2.81. The van der Waals surface area contributed by atoms with E-state index < -0.39 is 0 Å². The molecule has 0 radical (unpaired) electrons. The fourth-order valence-electron chi connectivity index (χ4n) is 0.995. The van der Waals surface area contributed by atoms with Gasteiger partial charge < -0.3 is 28.7 Å². The van der Waals surface area contributed by atoms with Gasteiger partial charge in [-0.15, -0.1) is 0 Å². The first-order valence-corrected chi connectivity index (χ1v) is 4.36. The second-order valence-corrected chi connectivity index (χ2v) is 2.81. The molecule has 0 unspecified atom stereocenters. The fraction of sp³-hybridized carbons (Fsp3) is 0.500. The lowest BCUT2D eigenvalue weighted by Crippen LogP contribution is -3.00. The molecule has 0 fully saturated rings. The van der Waals surface area contributed by atoms with E-state index in [0.717, 1.165) is 19.8 Å². The average Bonchev–Trinajstić information content (AvgIpc) is 2.09. The molecule has 1 aromatic rings. The summed E-state index contributed by atoms with van der Waals surface area (Å²) in [5, 5.41) is 0. The Labute approximate surface area is 96.9 Å². The number of rotatable bonds is 4. The van der Waals surface area contributed by atoms with Crippen molar-refractivity contribution < 1.29 is 33.3 Å². The summed E-state index contributed by atoms with van der Waals surface area (Å²) in [5.41, 5.74) is 1.29. The zero-order chi connectivity index (χ0) is 8.81. The molecule has 0 atom stereocenters. The van der Waals surface area contributed by atoms with Gasteiger partial charge in [0, 0.05) is 18.7 Å². The Bertz CT molecular complexity index is 223. The van der Waals surface area contributed by atoms with Crippen LogP contribution >= 0.6 is 0 Å². The quantitative estimate of drug-likeness (QED) is 0.367. The summed E-state index contributed by atoms with van der Waals surface area (Å²) in [6, 6.07) is 4.21. The van der Waals surface area contributed by atoms with Crippen molar-refractivity contribution in [2.75, 3.05) is 13.2 Å². The lowest BCUT2D eigenvalue weighted by Gasteiger charge is -1.97. The Morgan fingerprint density at radius 3 is 2.46 bits per heavy atom. The van der Waals surface area contributed by atoms with Gasteiger partial charge in [-0.05, 0) is 19.4 Å². The van der Waals surface area contributed by atoms with Crippen molar-refractivity contribution in [2.45, 2.75) is 20.4 Å². The van der Waals surface area contributed by atoms with Gasteiger partial charge in [-0.25, -0.2) is 4.57 Å². The van der Waals surface area contributed by atoms with E-state index in [4.69, 9.17) is 4.74 Å². The summed E-state index contributed by atoms with van der Waals surface area (Å²) >= 11 is 0.